The first kappa shape index (κ1) is 40.5. The largest absolute Gasteiger partial charge is 0.458 e. The molecular formula is C43H52N2O8S2. The lowest BCUT2D eigenvalue weighted by Crippen LogP contribution is -2.46. The van der Waals surface area contributed by atoms with Crippen molar-refractivity contribution in [1.82, 2.24) is 10.6 Å². The molecule has 6 rings (SSSR count). The molecule has 0 saturated heterocycles. The number of carbonyl (C=O) groups excluding carboxylic acids is 4. The molecule has 0 aromatic heterocycles. The number of rotatable bonds is 13. The molecule has 3 aromatic carbocycles. The maximum atomic E-state index is 13.3. The van der Waals surface area contributed by atoms with E-state index in [0.29, 0.717) is 11.8 Å². The summed E-state index contributed by atoms with van der Waals surface area (Å²) in [5, 5.41) is 5.43. The van der Waals surface area contributed by atoms with Crippen LogP contribution in [0.2, 0.25) is 0 Å². The van der Waals surface area contributed by atoms with E-state index in [4.69, 9.17) is 18.9 Å². The highest BCUT2D eigenvalue weighted by Gasteiger charge is 2.43. The van der Waals surface area contributed by atoms with Gasteiger partial charge in [0.05, 0.1) is 0 Å². The van der Waals surface area contributed by atoms with E-state index in [0.717, 1.165) is 41.5 Å². The number of hydrogen-bond acceptors (Lipinski definition) is 10. The Bertz CT molecular complexity index is 1830. The molecular weight excluding hydrogens is 737 g/mol. The first-order valence-corrected chi connectivity index (χ1v) is 21.5. The molecule has 0 spiro atoms. The summed E-state index contributed by atoms with van der Waals surface area (Å²) >= 11 is 0. The zero-order chi connectivity index (χ0) is 39.3. The Morgan fingerprint density at radius 1 is 0.636 bits per heavy atom. The third-order valence-corrected chi connectivity index (χ3v) is 12.6. The van der Waals surface area contributed by atoms with Gasteiger partial charge in [-0.25, -0.2) is 19.2 Å². The third kappa shape index (κ3) is 10.2. The van der Waals surface area contributed by atoms with Crippen LogP contribution in [0.5, 0.6) is 0 Å². The molecule has 0 radical (unpaired) electrons. The van der Waals surface area contributed by atoms with Crippen molar-refractivity contribution in [3.63, 3.8) is 0 Å². The van der Waals surface area contributed by atoms with Crippen LogP contribution < -0.4 is 10.6 Å². The third-order valence-electron chi connectivity index (χ3n) is 10.1. The first-order valence-electron chi connectivity index (χ1n) is 19.0. The number of ether oxygens (including phenoxy) is 4. The molecule has 55 heavy (non-hydrogen) atoms. The van der Waals surface area contributed by atoms with Gasteiger partial charge in [-0.2, -0.15) is 0 Å². The zero-order valence-electron chi connectivity index (χ0n) is 32.4. The van der Waals surface area contributed by atoms with Crippen LogP contribution in [0.15, 0.2) is 72.8 Å². The van der Waals surface area contributed by atoms with Gasteiger partial charge in [0, 0.05) is 23.3 Å². The zero-order valence-corrected chi connectivity index (χ0v) is 34.1. The predicted molar refractivity (Wildman–Crippen MR) is 216 cm³/mol. The fourth-order valence-corrected chi connectivity index (χ4v) is 10.2. The summed E-state index contributed by atoms with van der Waals surface area (Å²) in [7, 11) is 2.51. The van der Waals surface area contributed by atoms with Crippen LogP contribution in [-0.4, -0.2) is 72.1 Å². The Balaban J connectivity index is 1.04. The van der Waals surface area contributed by atoms with Crippen LogP contribution in [-0.2, 0) is 28.5 Å². The van der Waals surface area contributed by atoms with E-state index in [2.05, 4.69) is 41.0 Å². The second-order valence-corrected chi connectivity index (χ2v) is 18.9. The van der Waals surface area contributed by atoms with Gasteiger partial charge < -0.3 is 29.6 Å². The molecule has 0 bridgehead atoms. The van der Waals surface area contributed by atoms with E-state index >= 15 is 0 Å². The Kier molecular flexibility index (Phi) is 12.8. The van der Waals surface area contributed by atoms with Gasteiger partial charge >= 0.3 is 24.1 Å². The standard InChI is InChI=1S/C43H52N2O8S2/c1-42(2,3)52-38(46)36(44-40(48)50-22-34-30-17-10-7-14-26(30)27-15-8-11-18-31(27)34)24-54-55-25-37(39(47)53-43(4,5)6)45-41(49)51-23-35-32-19-12-9-16-28(32)29-20-13-21-33(29)35/h7-12,14-19,29,33-37H,13,20-25H2,1-6H3,(H,44,48)(H,45,49)/t29?,33?,35?,36-,37-/m0/s1. The molecule has 3 aliphatic rings. The molecule has 0 heterocycles. The summed E-state index contributed by atoms with van der Waals surface area (Å²) in [6, 6.07) is 22.5. The maximum Gasteiger partial charge on any atom is 0.407 e. The Labute approximate surface area is 331 Å². The van der Waals surface area contributed by atoms with Gasteiger partial charge in [0.15, 0.2) is 0 Å². The molecule has 3 aromatic rings. The van der Waals surface area contributed by atoms with Gasteiger partial charge in [-0.15, -0.1) is 0 Å². The number of carbonyl (C=O) groups is 4. The van der Waals surface area contributed by atoms with Gasteiger partial charge in [0.1, 0.15) is 36.5 Å². The van der Waals surface area contributed by atoms with Crippen molar-refractivity contribution in [2.45, 2.75) is 102 Å². The van der Waals surface area contributed by atoms with Crippen molar-refractivity contribution in [3.8, 4) is 11.1 Å². The van der Waals surface area contributed by atoms with E-state index in [1.807, 2.05) is 42.5 Å². The van der Waals surface area contributed by atoms with Crippen molar-refractivity contribution < 1.29 is 38.1 Å². The van der Waals surface area contributed by atoms with Crippen LogP contribution in [0.4, 0.5) is 9.59 Å². The van der Waals surface area contributed by atoms with Crippen molar-refractivity contribution >= 4 is 45.7 Å². The second-order valence-electron chi connectivity index (χ2n) is 16.4. The lowest BCUT2D eigenvalue weighted by Gasteiger charge is -2.25. The normalized spacial score (nSPS) is 19.6. The highest BCUT2D eigenvalue weighted by Crippen LogP contribution is 2.54. The number of benzene rings is 3. The number of alkyl carbamates (subject to hydrolysis) is 2. The number of amides is 2. The van der Waals surface area contributed by atoms with E-state index in [1.165, 1.54) is 32.7 Å². The van der Waals surface area contributed by atoms with Gasteiger partial charge in [-0.05, 0) is 99.6 Å². The summed E-state index contributed by atoms with van der Waals surface area (Å²) in [4.78, 5) is 52.9. The first-order chi connectivity index (χ1) is 26.2. The molecule has 294 valence electrons. The van der Waals surface area contributed by atoms with Gasteiger partial charge in [0.25, 0.3) is 0 Å². The van der Waals surface area contributed by atoms with E-state index in [1.54, 1.807) is 41.5 Å². The lowest BCUT2D eigenvalue weighted by molar-refractivity contribution is -0.157. The quantitative estimate of drug-likeness (QED) is 0.0751. The van der Waals surface area contributed by atoms with Crippen LogP contribution >= 0.6 is 21.6 Å². The average molecular weight is 789 g/mol. The number of nitrogens with one attached hydrogen (secondary N) is 2. The molecule has 3 aliphatic carbocycles. The van der Waals surface area contributed by atoms with Crippen LogP contribution in [0.1, 0.15) is 101 Å². The maximum absolute atomic E-state index is 13.3. The van der Waals surface area contributed by atoms with Crippen LogP contribution in [0.3, 0.4) is 0 Å². The Morgan fingerprint density at radius 3 is 1.60 bits per heavy atom. The van der Waals surface area contributed by atoms with Crippen molar-refractivity contribution in [3.05, 3.63) is 95.1 Å². The minimum atomic E-state index is -1.04. The predicted octanol–water partition coefficient (Wildman–Crippen LogP) is 8.73. The fraction of sp³-hybridized carbons (Fsp3) is 0.488. The molecule has 1 fully saturated rings. The molecule has 5 atom stereocenters. The van der Waals surface area contributed by atoms with Crippen molar-refractivity contribution in [2.24, 2.45) is 5.92 Å². The SMILES string of the molecule is CC(C)(C)OC(=O)[C@H](CSSC[C@H](NC(=O)OCC1c2ccccc2C2CCCC21)C(=O)OC(C)(C)C)NC(=O)OCC1c2ccccc2-c2ccccc21. The smallest absolute Gasteiger partial charge is 0.407 e. The Hall–Kier alpha value is -4.16. The average Bonchev–Trinajstić information content (AvgIpc) is 3.81. The van der Waals surface area contributed by atoms with E-state index in [-0.39, 0.29) is 36.6 Å². The molecule has 2 N–H and O–H groups in total. The molecule has 1 saturated carbocycles. The van der Waals surface area contributed by atoms with Crippen molar-refractivity contribution in [1.29, 1.82) is 0 Å². The van der Waals surface area contributed by atoms with Crippen molar-refractivity contribution in [2.75, 3.05) is 24.7 Å². The number of hydrogen-bond donors (Lipinski definition) is 2. The topological polar surface area (TPSA) is 129 Å². The minimum absolute atomic E-state index is 0.0939. The molecule has 0 aliphatic heterocycles. The fourth-order valence-electron chi connectivity index (χ4n) is 7.93. The minimum Gasteiger partial charge on any atom is -0.458 e. The number of fused-ring (bicyclic) bond motifs is 6. The number of esters is 2. The summed E-state index contributed by atoms with van der Waals surface area (Å²) in [5.41, 5.74) is 5.41. The summed E-state index contributed by atoms with van der Waals surface area (Å²) in [6.45, 7) is 10.9. The monoisotopic (exact) mass is 788 g/mol. The van der Waals surface area contributed by atoms with Crippen LogP contribution in [0.25, 0.3) is 11.1 Å². The van der Waals surface area contributed by atoms with E-state index < -0.39 is 47.4 Å². The summed E-state index contributed by atoms with van der Waals surface area (Å²) in [5.74, 6) is -0.0553. The molecule has 10 nitrogen and oxygen atoms in total. The van der Waals surface area contributed by atoms with E-state index in [9.17, 15) is 19.2 Å². The van der Waals surface area contributed by atoms with Gasteiger partial charge in [-0.1, -0.05) is 101 Å². The molecule has 3 unspecified atom stereocenters. The van der Waals surface area contributed by atoms with Gasteiger partial charge in [0.2, 0.25) is 0 Å². The van der Waals surface area contributed by atoms with Gasteiger partial charge in [-0.3, -0.25) is 0 Å². The lowest BCUT2D eigenvalue weighted by atomic mass is 9.90. The molecule has 2 amide bonds. The summed E-state index contributed by atoms with van der Waals surface area (Å²) < 4.78 is 22.8. The Morgan fingerprint density at radius 2 is 1.09 bits per heavy atom. The molecule has 12 heteroatoms. The van der Waals surface area contributed by atoms with Crippen LogP contribution in [0, 0.1) is 5.92 Å². The highest BCUT2D eigenvalue weighted by atomic mass is 33.1. The highest BCUT2D eigenvalue weighted by molar-refractivity contribution is 8.76. The summed E-state index contributed by atoms with van der Waals surface area (Å²) in [6.07, 6.45) is 1.98. The second kappa shape index (κ2) is 17.3.